The van der Waals surface area contributed by atoms with E-state index in [2.05, 4.69) is 0 Å². The second-order valence-corrected chi connectivity index (χ2v) is 8.75. The summed E-state index contributed by atoms with van der Waals surface area (Å²) in [5.74, 6) is -1.41. The lowest BCUT2D eigenvalue weighted by Gasteiger charge is -2.30. The van der Waals surface area contributed by atoms with Gasteiger partial charge in [0.25, 0.3) is 0 Å². The molecular formula is C17H21NO5S. The standard InChI is InChI=1S/C17H21NO5S/c1-17(2,3)23-16(20)18(10-13-7-5-4-6-8-13)14-9-15(19)12-24(21,22)11-14/h4-9H,10-12H2,1-3H3. The molecule has 0 atom stereocenters. The van der Waals surface area contributed by atoms with Crippen molar-refractivity contribution in [2.75, 3.05) is 11.5 Å². The van der Waals surface area contributed by atoms with E-state index in [1.165, 1.54) is 11.0 Å². The van der Waals surface area contributed by atoms with Gasteiger partial charge in [-0.05, 0) is 26.3 Å². The summed E-state index contributed by atoms with van der Waals surface area (Å²) in [6.07, 6.45) is 0.538. The first-order valence-corrected chi connectivity index (χ1v) is 9.36. The minimum atomic E-state index is -3.56. The third-order valence-electron chi connectivity index (χ3n) is 3.20. The highest BCUT2D eigenvalue weighted by molar-refractivity contribution is 7.92. The molecule has 7 heteroatoms. The zero-order chi connectivity index (χ0) is 18.0. The largest absolute Gasteiger partial charge is 0.443 e. The molecule has 0 N–H and O–H groups in total. The molecule has 0 unspecified atom stereocenters. The average Bonchev–Trinajstić information content (AvgIpc) is 2.41. The van der Waals surface area contributed by atoms with Crippen LogP contribution in [0.5, 0.6) is 0 Å². The Morgan fingerprint density at radius 3 is 2.33 bits per heavy atom. The number of hydrogen-bond acceptors (Lipinski definition) is 5. The molecule has 0 saturated carbocycles. The van der Waals surface area contributed by atoms with E-state index >= 15 is 0 Å². The highest BCUT2D eigenvalue weighted by Crippen LogP contribution is 2.21. The summed E-state index contributed by atoms with van der Waals surface area (Å²) in [4.78, 5) is 25.5. The van der Waals surface area contributed by atoms with Crippen LogP contribution in [0.3, 0.4) is 0 Å². The molecule has 0 aromatic heterocycles. The van der Waals surface area contributed by atoms with Crippen molar-refractivity contribution in [3.05, 3.63) is 47.7 Å². The predicted molar refractivity (Wildman–Crippen MR) is 90.0 cm³/mol. The third-order valence-corrected chi connectivity index (χ3v) is 4.66. The lowest BCUT2D eigenvalue weighted by atomic mass is 10.2. The maximum atomic E-state index is 12.5. The average molecular weight is 351 g/mol. The van der Waals surface area contributed by atoms with Crippen LogP contribution in [0.4, 0.5) is 4.79 Å². The van der Waals surface area contributed by atoms with Crippen LogP contribution in [0.25, 0.3) is 0 Å². The van der Waals surface area contributed by atoms with Crippen molar-refractivity contribution in [2.45, 2.75) is 32.9 Å². The number of benzene rings is 1. The van der Waals surface area contributed by atoms with Gasteiger partial charge < -0.3 is 4.74 Å². The second-order valence-electron chi connectivity index (χ2n) is 6.69. The fraction of sp³-hybridized carbons (Fsp3) is 0.412. The van der Waals surface area contributed by atoms with Gasteiger partial charge in [0.05, 0.1) is 12.3 Å². The van der Waals surface area contributed by atoms with E-state index in [1.807, 2.05) is 30.3 Å². The third kappa shape index (κ3) is 5.19. The number of allylic oxidation sites excluding steroid dienone is 1. The summed E-state index contributed by atoms with van der Waals surface area (Å²) in [5.41, 5.74) is 0.216. The van der Waals surface area contributed by atoms with Crippen molar-refractivity contribution < 1.29 is 22.7 Å². The number of amides is 1. The van der Waals surface area contributed by atoms with E-state index in [1.54, 1.807) is 20.8 Å². The zero-order valence-corrected chi connectivity index (χ0v) is 14.8. The number of hydrogen-bond donors (Lipinski definition) is 0. The fourth-order valence-corrected chi connectivity index (χ4v) is 3.59. The lowest BCUT2D eigenvalue weighted by Crippen LogP contribution is -2.40. The Morgan fingerprint density at radius 1 is 1.17 bits per heavy atom. The topological polar surface area (TPSA) is 80.8 Å². The van der Waals surface area contributed by atoms with Crippen molar-refractivity contribution in [3.63, 3.8) is 0 Å². The summed E-state index contributed by atoms with van der Waals surface area (Å²) < 4.78 is 29.2. The number of carbonyl (C=O) groups excluding carboxylic acids is 2. The van der Waals surface area contributed by atoms with Crippen LogP contribution in [0.2, 0.25) is 0 Å². The molecule has 0 radical (unpaired) electrons. The van der Waals surface area contributed by atoms with E-state index in [4.69, 9.17) is 4.74 Å². The van der Waals surface area contributed by atoms with Gasteiger partial charge in [-0.2, -0.15) is 0 Å². The van der Waals surface area contributed by atoms with Crippen LogP contribution in [-0.4, -0.2) is 42.3 Å². The molecule has 24 heavy (non-hydrogen) atoms. The Hall–Kier alpha value is -2.15. The summed E-state index contributed by atoms with van der Waals surface area (Å²) in [5, 5.41) is 0. The number of nitrogens with zero attached hydrogens (tertiary/aromatic N) is 1. The van der Waals surface area contributed by atoms with Crippen molar-refractivity contribution >= 4 is 21.7 Å². The Balaban J connectivity index is 2.35. The molecule has 1 aromatic rings. The molecule has 1 aromatic carbocycles. The van der Waals surface area contributed by atoms with Crippen molar-refractivity contribution in [2.24, 2.45) is 0 Å². The van der Waals surface area contributed by atoms with E-state index in [-0.39, 0.29) is 18.0 Å². The molecule has 1 aliphatic heterocycles. The number of sulfone groups is 1. The van der Waals surface area contributed by atoms with Crippen LogP contribution < -0.4 is 0 Å². The van der Waals surface area contributed by atoms with Gasteiger partial charge in [-0.3, -0.25) is 9.69 Å². The van der Waals surface area contributed by atoms with Gasteiger partial charge in [0, 0.05) is 11.8 Å². The molecule has 6 nitrogen and oxygen atoms in total. The number of ether oxygens (including phenoxy) is 1. The molecule has 0 spiro atoms. The van der Waals surface area contributed by atoms with Crippen LogP contribution >= 0.6 is 0 Å². The smallest absolute Gasteiger partial charge is 0.414 e. The van der Waals surface area contributed by atoms with Gasteiger partial charge in [0.15, 0.2) is 15.6 Å². The molecule has 2 rings (SSSR count). The maximum Gasteiger partial charge on any atom is 0.414 e. The van der Waals surface area contributed by atoms with E-state index in [0.29, 0.717) is 0 Å². The number of ketones is 1. The SMILES string of the molecule is CC(C)(C)OC(=O)N(Cc1ccccc1)C1=CC(=O)CS(=O)(=O)C1. The molecule has 1 amide bonds. The first-order valence-electron chi connectivity index (χ1n) is 7.54. The van der Waals surface area contributed by atoms with Gasteiger partial charge in [-0.25, -0.2) is 13.2 Å². The minimum absolute atomic E-state index is 0.129. The highest BCUT2D eigenvalue weighted by Gasteiger charge is 2.32. The van der Waals surface area contributed by atoms with Crippen LogP contribution in [0.1, 0.15) is 26.3 Å². The zero-order valence-electron chi connectivity index (χ0n) is 14.0. The normalized spacial score (nSPS) is 17.1. The van der Waals surface area contributed by atoms with Crippen LogP contribution in [0, 0.1) is 0 Å². The van der Waals surface area contributed by atoms with Crippen molar-refractivity contribution in [1.29, 1.82) is 0 Å². The number of rotatable bonds is 3. The summed E-state index contributed by atoms with van der Waals surface area (Å²) >= 11 is 0. The molecule has 0 bridgehead atoms. The Labute approximate surface area is 142 Å². The van der Waals surface area contributed by atoms with Gasteiger partial charge >= 0.3 is 6.09 Å². The Morgan fingerprint density at radius 2 is 1.79 bits per heavy atom. The summed E-state index contributed by atoms with van der Waals surface area (Å²) in [6.45, 7) is 5.30. The molecule has 130 valence electrons. The van der Waals surface area contributed by atoms with Gasteiger partial charge in [-0.15, -0.1) is 0 Å². The van der Waals surface area contributed by atoms with E-state index < -0.39 is 33.1 Å². The molecule has 0 fully saturated rings. The monoisotopic (exact) mass is 351 g/mol. The number of carbonyl (C=O) groups is 2. The molecular weight excluding hydrogens is 330 g/mol. The van der Waals surface area contributed by atoms with Crippen molar-refractivity contribution in [3.8, 4) is 0 Å². The maximum absolute atomic E-state index is 12.5. The predicted octanol–water partition coefficient (Wildman–Crippen LogP) is 2.31. The van der Waals surface area contributed by atoms with Crippen LogP contribution in [-0.2, 0) is 25.9 Å². The first kappa shape index (κ1) is 18.2. The Kier molecular flexibility index (Phi) is 5.13. The fourth-order valence-electron chi connectivity index (χ4n) is 2.28. The summed E-state index contributed by atoms with van der Waals surface area (Å²) in [7, 11) is -3.56. The lowest BCUT2D eigenvalue weighted by molar-refractivity contribution is -0.112. The molecule has 0 saturated heterocycles. The van der Waals surface area contributed by atoms with E-state index in [0.717, 1.165) is 5.56 Å². The van der Waals surface area contributed by atoms with E-state index in [9.17, 15) is 18.0 Å². The first-order chi connectivity index (χ1) is 11.1. The van der Waals surface area contributed by atoms with Gasteiger partial charge in [0.1, 0.15) is 11.4 Å². The highest BCUT2D eigenvalue weighted by atomic mass is 32.2. The molecule has 1 aliphatic rings. The van der Waals surface area contributed by atoms with Crippen LogP contribution in [0.15, 0.2) is 42.1 Å². The molecule has 1 heterocycles. The van der Waals surface area contributed by atoms with Crippen molar-refractivity contribution in [1.82, 2.24) is 4.90 Å². The molecule has 0 aliphatic carbocycles. The van der Waals surface area contributed by atoms with Gasteiger partial charge in [-0.1, -0.05) is 30.3 Å². The second kappa shape index (κ2) is 6.76. The minimum Gasteiger partial charge on any atom is -0.443 e. The van der Waals surface area contributed by atoms with Gasteiger partial charge in [0.2, 0.25) is 0 Å². The Bertz CT molecular complexity index is 760. The summed E-state index contributed by atoms with van der Waals surface area (Å²) in [6, 6.07) is 9.11. The quantitative estimate of drug-likeness (QED) is 0.835.